The minimum absolute atomic E-state index is 0. The molecule has 6 heteroatoms. The predicted octanol–water partition coefficient (Wildman–Crippen LogP) is 3.35. The molecule has 136 valence electrons. The van der Waals surface area contributed by atoms with Gasteiger partial charge in [0.25, 0.3) is 0 Å². The molecule has 0 amide bonds. The second-order valence-electron chi connectivity index (χ2n) is 6.20. The molecule has 0 radical (unpaired) electrons. The Kier molecular flexibility index (Phi) is 8.68. The lowest BCUT2D eigenvalue weighted by Gasteiger charge is -2.26. The average molecular weight is 454 g/mol. The Hall–Kier alpha value is -1.83. The normalized spacial score (nSPS) is 11.4. The van der Waals surface area contributed by atoms with Crippen LogP contribution in [0, 0.1) is 0 Å². The number of nitrogens with zero attached hydrogens (tertiary/aromatic N) is 2. The van der Waals surface area contributed by atoms with Crippen molar-refractivity contribution in [2.75, 3.05) is 20.7 Å². The molecule has 0 aliphatic heterocycles. The van der Waals surface area contributed by atoms with E-state index in [1.54, 1.807) is 20.4 Å². The first-order valence-electron chi connectivity index (χ1n) is 8.05. The summed E-state index contributed by atoms with van der Waals surface area (Å²) < 4.78 is 5.27. The van der Waals surface area contributed by atoms with Gasteiger partial charge >= 0.3 is 0 Å². The Labute approximate surface area is 167 Å². The van der Waals surface area contributed by atoms with Gasteiger partial charge in [0.1, 0.15) is 0 Å². The van der Waals surface area contributed by atoms with Crippen molar-refractivity contribution in [3.8, 4) is 5.88 Å². The molecule has 25 heavy (non-hydrogen) atoms. The summed E-state index contributed by atoms with van der Waals surface area (Å²) >= 11 is 0. The van der Waals surface area contributed by atoms with Gasteiger partial charge in [-0.15, -0.1) is 24.0 Å². The fourth-order valence-electron chi connectivity index (χ4n) is 2.44. The van der Waals surface area contributed by atoms with Crippen LogP contribution in [0.4, 0.5) is 0 Å². The Morgan fingerprint density at radius 2 is 1.84 bits per heavy atom. The molecule has 0 unspecified atom stereocenters. The first-order chi connectivity index (χ1) is 11.6. The van der Waals surface area contributed by atoms with Crippen molar-refractivity contribution in [3.05, 3.63) is 59.8 Å². The van der Waals surface area contributed by atoms with E-state index >= 15 is 0 Å². The quantitative estimate of drug-likeness (QED) is 0.400. The molecule has 1 aromatic carbocycles. The van der Waals surface area contributed by atoms with E-state index < -0.39 is 0 Å². The number of pyridine rings is 1. The van der Waals surface area contributed by atoms with Crippen LogP contribution in [0.5, 0.6) is 5.88 Å². The molecule has 0 aliphatic carbocycles. The summed E-state index contributed by atoms with van der Waals surface area (Å²) in [7, 11) is 3.40. The number of benzene rings is 1. The lowest BCUT2D eigenvalue weighted by molar-refractivity contribution is 0.392. The van der Waals surface area contributed by atoms with E-state index in [-0.39, 0.29) is 29.4 Å². The standard InChI is InChI=1S/C19H26N4O.HI/c1-19(2,16-10-6-5-7-11-16)14-23-18(20-3)22-13-15-9-8-12-21-17(15)24-4;/h5-12H,13-14H2,1-4H3,(H2,20,22,23);1H. The molecule has 0 fully saturated rings. The van der Waals surface area contributed by atoms with Gasteiger partial charge in [-0.1, -0.05) is 50.2 Å². The van der Waals surface area contributed by atoms with E-state index in [4.69, 9.17) is 4.74 Å². The first-order valence-corrected chi connectivity index (χ1v) is 8.05. The Bertz CT molecular complexity index is 674. The van der Waals surface area contributed by atoms with Crippen molar-refractivity contribution < 1.29 is 4.74 Å². The van der Waals surface area contributed by atoms with Crippen LogP contribution in [-0.2, 0) is 12.0 Å². The number of nitrogens with one attached hydrogen (secondary N) is 2. The smallest absolute Gasteiger partial charge is 0.218 e. The fraction of sp³-hybridized carbons (Fsp3) is 0.368. The molecule has 5 nitrogen and oxygen atoms in total. The van der Waals surface area contributed by atoms with E-state index in [9.17, 15) is 0 Å². The maximum absolute atomic E-state index is 5.27. The van der Waals surface area contributed by atoms with Gasteiger partial charge in [0.05, 0.1) is 7.11 Å². The number of aliphatic imine (C=N–C) groups is 1. The van der Waals surface area contributed by atoms with Gasteiger partial charge in [0, 0.05) is 37.3 Å². The lowest BCUT2D eigenvalue weighted by Crippen LogP contribution is -2.43. The SMILES string of the molecule is CN=C(NCc1cccnc1OC)NCC(C)(C)c1ccccc1.I. The molecule has 2 N–H and O–H groups in total. The van der Waals surface area contributed by atoms with Crippen LogP contribution in [0.1, 0.15) is 25.0 Å². The summed E-state index contributed by atoms with van der Waals surface area (Å²) in [6.45, 7) is 5.81. The van der Waals surface area contributed by atoms with E-state index in [1.165, 1.54) is 5.56 Å². The van der Waals surface area contributed by atoms with Gasteiger partial charge in [-0.2, -0.15) is 0 Å². The van der Waals surface area contributed by atoms with Crippen LogP contribution in [-0.4, -0.2) is 31.6 Å². The summed E-state index contributed by atoms with van der Waals surface area (Å²) in [6, 6.07) is 14.4. The molecule has 1 aromatic heterocycles. The van der Waals surface area contributed by atoms with Crippen LogP contribution in [0.15, 0.2) is 53.7 Å². The number of aromatic nitrogens is 1. The molecule has 0 spiro atoms. The Morgan fingerprint density at radius 1 is 1.12 bits per heavy atom. The maximum atomic E-state index is 5.27. The van der Waals surface area contributed by atoms with Crippen LogP contribution in [0.3, 0.4) is 0 Å². The second-order valence-corrected chi connectivity index (χ2v) is 6.20. The number of halogens is 1. The number of hydrogen-bond acceptors (Lipinski definition) is 3. The highest BCUT2D eigenvalue weighted by atomic mass is 127. The van der Waals surface area contributed by atoms with Crippen LogP contribution in [0.2, 0.25) is 0 Å². The molecule has 0 aliphatic rings. The average Bonchev–Trinajstić information content (AvgIpc) is 2.63. The zero-order chi connectivity index (χ0) is 17.4. The largest absolute Gasteiger partial charge is 0.481 e. The van der Waals surface area contributed by atoms with E-state index in [0.29, 0.717) is 12.4 Å². The molecule has 1 heterocycles. The molecule has 0 saturated carbocycles. The third-order valence-corrected chi connectivity index (χ3v) is 3.97. The molecular formula is C19H27IN4O. The van der Waals surface area contributed by atoms with Gasteiger partial charge in [0.2, 0.25) is 5.88 Å². The van der Waals surface area contributed by atoms with Crippen molar-refractivity contribution in [1.29, 1.82) is 0 Å². The summed E-state index contributed by atoms with van der Waals surface area (Å²) in [5.41, 5.74) is 2.29. The lowest BCUT2D eigenvalue weighted by atomic mass is 9.85. The summed E-state index contributed by atoms with van der Waals surface area (Å²) in [6.07, 6.45) is 1.72. The molecular weight excluding hydrogens is 427 g/mol. The minimum atomic E-state index is 0. The van der Waals surface area contributed by atoms with Crippen molar-refractivity contribution >= 4 is 29.9 Å². The zero-order valence-corrected chi connectivity index (χ0v) is 17.6. The maximum Gasteiger partial charge on any atom is 0.218 e. The van der Waals surface area contributed by atoms with Crippen LogP contribution >= 0.6 is 24.0 Å². The van der Waals surface area contributed by atoms with E-state index in [1.807, 2.05) is 18.2 Å². The minimum Gasteiger partial charge on any atom is -0.481 e. The zero-order valence-electron chi connectivity index (χ0n) is 15.2. The van der Waals surface area contributed by atoms with Gasteiger partial charge in [-0.25, -0.2) is 4.98 Å². The summed E-state index contributed by atoms with van der Waals surface area (Å²) in [4.78, 5) is 8.49. The molecule has 0 atom stereocenters. The Morgan fingerprint density at radius 3 is 2.48 bits per heavy atom. The van der Waals surface area contributed by atoms with Gasteiger partial charge in [-0.3, -0.25) is 4.99 Å². The van der Waals surface area contributed by atoms with E-state index in [2.05, 4.69) is 58.7 Å². The molecule has 2 rings (SSSR count). The number of ether oxygens (including phenoxy) is 1. The highest BCUT2D eigenvalue weighted by Crippen LogP contribution is 2.21. The van der Waals surface area contributed by atoms with Gasteiger partial charge in [0.15, 0.2) is 5.96 Å². The fourth-order valence-corrected chi connectivity index (χ4v) is 2.44. The van der Waals surface area contributed by atoms with Crippen molar-refractivity contribution in [3.63, 3.8) is 0 Å². The summed E-state index contributed by atoms with van der Waals surface area (Å²) in [5.74, 6) is 1.38. The van der Waals surface area contributed by atoms with E-state index in [0.717, 1.165) is 18.1 Å². The molecule has 2 aromatic rings. The number of hydrogen-bond donors (Lipinski definition) is 2. The van der Waals surface area contributed by atoms with Crippen molar-refractivity contribution in [1.82, 2.24) is 15.6 Å². The number of methoxy groups -OCH3 is 1. The summed E-state index contributed by atoms with van der Waals surface area (Å²) in [5, 5.41) is 6.70. The molecule has 0 bridgehead atoms. The highest BCUT2D eigenvalue weighted by Gasteiger charge is 2.20. The topological polar surface area (TPSA) is 58.5 Å². The third-order valence-electron chi connectivity index (χ3n) is 3.97. The number of guanidine groups is 1. The van der Waals surface area contributed by atoms with Crippen molar-refractivity contribution in [2.45, 2.75) is 25.8 Å². The van der Waals surface area contributed by atoms with Gasteiger partial charge in [-0.05, 0) is 11.6 Å². The number of rotatable bonds is 6. The van der Waals surface area contributed by atoms with Crippen LogP contribution < -0.4 is 15.4 Å². The predicted molar refractivity (Wildman–Crippen MR) is 114 cm³/mol. The first kappa shape index (κ1) is 21.2. The highest BCUT2D eigenvalue weighted by molar-refractivity contribution is 14.0. The van der Waals surface area contributed by atoms with Crippen molar-refractivity contribution in [2.24, 2.45) is 4.99 Å². The van der Waals surface area contributed by atoms with Gasteiger partial charge < -0.3 is 15.4 Å². The second kappa shape index (κ2) is 10.2. The Balaban J connectivity index is 0.00000312. The molecule has 0 saturated heterocycles. The third kappa shape index (κ3) is 6.19. The van der Waals surface area contributed by atoms with Crippen LogP contribution in [0.25, 0.3) is 0 Å². The monoisotopic (exact) mass is 454 g/mol.